The van der Waals surface area contributed by atoms with Crippen LogP contribution in [-0.2, 0) is 0 Å². The standard InChI is InChI=1S/C20H23ClN6/c1-14-17(15(2)25-24-14)18(16-6-4-3-5-7-16)26-10-12-27(13-11-26)20-19(21)22-8-9-23-20/h3-9,18H,10-13H2,1-2H3,(H,24,25). The Labute approximate surface area is 164 Å². The van der Waals surface area contributed by atoms with E-state index in [0.29, 0.717) is 5.15 Å². The molecule has 1 aliphatic rings. The van der Waals surface area contributed by atoms with Crippen molar-refractivity contribution in [3.63, 3.8) is 0 Å². The lowest BCUT2D eigenvalue weighted by Crippen LogP contribution is -2.48. The Bertz CT molecular complexity index is 882. The second-order valence-corrected chi connectivity index (χ2v) is 7.21. The van der Waals surface area contributed by atoms with Gasteiger partial charge < -0.3 is 4.90 Å². The molecule has 1 N–H and O–H groups in total. The monoisotopic (exact) mass is 382 g/mol. The number of H-pyrrole nitrogens is 1. The largest absolute Gasteiger partial charge is 0.351 e. The van der Waals surface area contributed by atoms with E-state index in [-0.39, 0.29) is 6.04 Å². The quantitative estimate of drug-likeness (QED) is 0.749. The summed E-state index contributed by atoms with van der Waals surface area (Å²) in [6.07, 6.45) is 3.32. The van der Waals surface area contributed by atoms with Crippen molar-refractivity contribution in [1.29, 1.82) is 0 Å². The first-order chi connectivity index (χ1) is 13.1. The van der Waals surface area contributed by atoms with Gasteiger partial charge in [-0.3, -0.25) is 10.00 Å². The molecule has 0 aliphatic carbocycles. The van der Waals surface area contributed by atoms with E-state index in [9.17, 15) is 0 Å². The molecule has 3 aromatic rings. The first kappa shape index (κ1) is 17.9. The van der Waals surface area contributed by atoms with E-state index >= 15 is 0 Å². The third kappa shape index (κ3) is 3.55. The van der Waals surface area contributed by atoms with Crippen LogP contribution in [0.5, 0.6) is 0 Å². The van der Waals surface area contributed by atoms with Crippen molar-refractivity contribution in [2.75, 3.05) is 31.1 Å². The number of nitrogens with zero attached hydrogens (tertiary/aromatic N) is 5. The number of hydrogen-bond donors (Lipinski definition) is 1. The van der Waals surface area contributed by atoms with Gasteiger partial charge in [-0.25, -0.2) is 9.97 Å². The van der Waals surface area contributed by atoms with E-state index in [1.807, 2.05) is 0 Å². The molecular formula is C20H23ClN6. The lowest BCUT2D eigenvalue weighted by molar-refractivity contribution is 0.211. The summed E-state index contributed by atoms with van der Waals surface area (Å²) in [5.41, 5.74) is 4.74. The molecule has 4 rings (SSSR count). The van der Waals surface area contributed by atoms with E-state index in [1.54, 1.807) is 12.4 Å². The molecule has 140 valence electrons. The molecule has 3 heterocycles. The Balaban J connectivity index is 1.61. The van der Waals surface area contributed by atoms with Crippen molar-refractivity contribution < 1.29 is 0 Å². The van der Waals surface area contributed by atoms with Crippen molar-refractivity contribution in [2.24, 2.45) is 0 Å². The van der Waals surface area contributed by atoms with E-state index in [1.165, 1.54) is 11.1 Å². The predicted octanol–water partition coefficient (Wildman–Crippen LogP) is 3.38. The van der Waals surface area contributed by atoms with Gasteiger partial charge in [-0.05, 0) is 19.4 Å². The van der Waals surface area contributed by atoms with E-state index in [4.69, 9.17) is 11.6 Å². The molecule has 27 heavy (non-hydrogen) atoms. The second kappa shape index (κ2) is 7.66. The normalized spacial score (nSPS) is 16.5. The lowest BCUT2D eigenvalue weighted by Gasteiger charge is -2.40. The Morgan fingerprint density at radius 2 is 1.70 bits per heavy atom. The molecule has 0 spiro atoms. The number of hydrogen-bond acceptors (Lipinski definition) is 5. The first-order valence-corrected chi connectivity index (χ1v) is 9.55. The van der Waals surface area contributed by atoms with Crippen LogP contribution in [0.1, 0.15) is 28.6 Å². The highest BCUT2D eigenvalue weighted by Crippen LogP contribution is 2.33. The number of aromatic nitrogens is 4. The molecule has 1 saturated heterocycles. The molecule has 0 amide bonds. The van der Waals surface area contributed by atoms with E-state index < -0.39 is 0 Å². The van der Waals surface area contributed by atoms with Gasteiger partial charge >= 0.3 is 0 Å². The Morgan fingerprint density at radius 1 is 1.00 bits per heavy atom. The topological polar surface area (TPSA) is 60.9 Å². The zero-order chi connectivity index (χ0) is 18.8. The molecular weight excluding hydrogens is 360 g/mol. The average Bonchev–Trinajstić information content (AvgIpc) is 3.03. The molecule has 0 bridgehead atoms. The molecule has 0 radical (unpaired) electrons. The maximum absolute atomic E-state index is 6.23. The van der Waals surface area contributed by atoms with Crippen LogP contribution in [-0.4, -0.2) is 51.2 Å². The predicted molar refractivity (Wildman–Crippen MR) is 107 cm³/mol. The zero-order valence-electron chi connectivity index (χ0n) is 15.6. The minimum atomic E-state index is 0.185. The third-order valence-electron chi connectivity index (χ3n) is 5.19. The van der Waals surface area contributed by atoms with Crippen LogP contribution in [0.25, 0.3) is 0 Å². The zero-order valence-corrected chi connectivity index (χ0v) is 16.3. The average molecular weight is 383 g/mol. The third-order valence-corrected chi connectivity index (χ3v) is 5.46. The number of benzene rings is 1. The number of rotatable bonds is 4. The minimum absolute atomic E-state index is 0.185. The maximum atomic E-state index is 6.23. The summed E-state index contributed by atoms with van der Waals surface area (Å²) in [5, 5.41) is 8.04. The maximum Gasteiger partial charge on any atom is 0.171 e. The fourth-order valence-corrected chi connectivity index (χ4v) is 4.10. The first-order valence-electron chi connectivity index (χ1n) is 9.17. The van der Waals surface area contributed by atoms with Crippen LogP contribution in [0, 0.1) is 13.8 Å². The molecule has 6 nitrogen and oxygen atoms in total. The van der Waals surface area contributed by atoms with Crippen LogP contribution >= 0.6 is 11.6 Å². The number of piperazine rings is 1. The van der Waals surface area contributed by atoms with E-state index in [2.05, 4.69) is 74.1 Å². The second-order valence-electron chi connectivity index (χ2n) is 6.85. The number of anilines is 1. The highest BCUT2D eigenvalue weighted by molar-refractivity contribution is 6.31. The van der Waals surface area contributed by atoms with Gasteiger partial charge in [-0.15, -0.1) is 0 Å². The number of nitrogens with one attached hydrogen (secondary N) is 1. The molecule has 0 saturated carbocycles. The Kier molecular flexibility index (Phi) is 5.09. The van der Waals surface area contributed by atoms with Gasteiger partial charge in [0.2, 0.25) is 0 Å². The highest BCUT2D eigenvalue weighted by atomic mass is 35.5. The highest BCUT2D eigenvalue weighted by Gasteiger charge is 2.30. The Morgan fingerprint density at radius 3 is 2.33 bits per heavy atom. The van der Waals surface area contributed by atoms with Gasteiger partial charge in [0.05, 0.1) is 11.7 Å². The molecule has 1 aliphatic heterocycles. The van der Waals surface area contributed by atoms with Crippen LogP contribution in [0.2, 0.25) is 5.15 Å². The number of aromatic amines is 1. The SMILES string of the molecule is Cc1n[nH]c(C)c1C(c1ccccc1)N1CCN(c2nccnc2Cl)CC1. The van der Waals surface area contributed by atoms with Crippen molar-refractivity contribution in [1.82, 2.24) is 25.1 Å². The fraction of sp³-hybridized carbons (Fsp3) is 0.350. The van der Waals surface area contributed by atoms with Crippen LogP contribution in [0.4, 0.5) is 5.82 Å². The van der Waals surface area contributed by atoms with Gasteiger partial charge in [0.1, 0.15) is 0 Å². The summed E-state index contributed by atoms with van der Waals surface area (Å²) in [6.45, 7) is 7.72. The summed E-state index contributed by atoms with van der Waals surface area (Å²) in [6, 6.07) is 10.8. The fourth-order valence-electron chi connectivity index (χ4n) is 3.88. The van der Waals surface area contributed by atoms with Gasteiger partial charge in [0, 0.05) is 49.8 Å². The summed E-state index contributed by atoms with van der Waals surface area (Å²) in [5.74, 6) is 0.769. The van der Waals surface area contributed by atoms with Crippen molar-refractivity contribution in [3.05, 3.63) is 70.4 Å². The van der Waals surface area contributed by atoms with Crippen LogP contribution < -0.4 is 4.90 Å². The summed E-state index contributed by atoms with van der Waals surface area (Å²) < 4.78 is 0. The van der Waals surface area contributed by atoms with Gasteiger partial charge in [-0.2, -0.15) is 5.10 Å². The van der Waals surface area contributed by atoms with Crippen molar-refractivity contribution in [3.8, 4) is 0 Å². The lowest BCUT2D eigenvalue weighted by atomic mass is 9.95. The Hall–Kier alpha value is -2.44. The van der Waals surface area contributed by atoms with Crippen molar-refractivity contribution in [2.45, 2.75) is 19.9 Å². The number of aryl methyl sites for hydroxylation is 2. The molecule has 1 aromatic carbocycles. The van der Waals surface area contributed by atoms with E-state index in [0.717, 1.165) is 43.4 Å². The summed E-state index contributed by atoms with van der Waals surface area (Å²) in [7, 11) is 0. The van der Waals surface area contributed by atoms with Crippen LogP contribution in [0.3, 0.4) is 0 Å². The smallest absolute Gasteiger partial charge is 0.171 e. The van der Waals surface area contributed by atoms with Gasteiger partial charge in [0.25, 0.3) is 0 Å². The van der Waals surface area contributed by atoms with Gasteiger partial charge in [-0.1, -0.05) is 41.9 Å². The molecule has 1 fully saturated rings. The number of halogens is 1. The van der Waals surface area contributed by atoms with Crippen molar-refractivity contribution >= 4 is 17.4 Å². The molecule has 1 atom stereocenters. The van der Waals surface area contributed by atoms with Crippen LogP contribution in [0.15, 0.2) is 42.7 Å². The summed E-state index contributed by atoms with van der Waals surface area (Å²) >= 11 is 6.23. The minimum Gasteiger partial charge on any atom is -0.351 e. The summed E-state index contributed by atoms with van der Waals surface area (Å²) in [4.78, 5) is 13.3. The molecule has 1 unspecified atom stereocenters. The van der Waals surface area contributed by atoms with Gasteiger partial charge in [0.15, 0.2) is 11.0 Å². The molecule has 2 aromatic heterocycles. The molecule has 7 heteroatoms.